The maximum Gasteiger partial charge on any atom is 0.416 e. The van der Waals surface area contributed by atoms with Crippen LogP contribution in [0.4, 0.5) is 13.2 Å². The second-order valence-corrected chi connectivity index (χ2v) is 5.35. The van der Waals surface area contributed by atoms with Gasteiger partial charge in [-0.1, -0.05) is 25.1 Å². The summed E-state index contributed by atoms with van der Waals surface area (Å²) in [6.07, 6.45) is -3.58. The van der Waals surface area contributed by atoms with Gasteiger partial charge in [0.2, 0.25) is 0 Å². The van der Waals surface area contributed by atoms with Crippen LogP contribution in [-0.2, 0) is 6.18 Å². The molecule has 5 heteroatoms. The highest BCUT2D eigenvalue weighted by molar-refractivity contribution is 6.20. The Morgan fingerprint density at radius 1 is 1.19 bits per heavy atom. The highest BCUT2D eigenvalue weighted by Crippen LogP contribution is 2.33. The van der Waals surface area contributed by atoms with E-state index < -0.39 is 11.7 Å². The second-order valence-electron chi connectivity index (χ2n) is 4.83. The van der Waals surface area contributed by atoms with Gasteiger partial charge in [0.1, 0.15) is 0 Å². The summed E-state index contributed by atoms with van der Waals surface area (Å²) < 4.78 is 38.2. The van der Waals surface area contributed by atoms with Crippen molar-refractivity contribution in [1.82, 2.24) is 4.98 Å². The van der Waals surface area contributed by atoms with Crippen molar-refractivity contribution in [2.45, 2.75) is 31.8 Å². The maximum absolute atomic E-state index is 12.7. The summed E-state index contributed by atoms with van der Waals surface area (Å²) in [5.41, 5.74) is 1.94. The number of halogens is 4. The van der Waals surface area contributed by atoms with Crippen LogP contribution in [0.2, 0.25) is 0 Å². The van der Waals surface area contributed by atoms with Crippen LogP contribution < -0.4 is 0 Å². The Morgan fingerprint density at radius 2 is 1.90 bits per heavy atom. The molecule has 1 nitrogen and oxygen atoms in total. The average molecular weight is 314 g/mol. The molecule has 112 valence electrons. The Kier molecular flexibility index (Phi) is 4.57. The van der Waals surface area contributed by atoms with E-state index in [4.69, 9.17) is 11.6 Å². The number of aryl methyl sites for hydroxylation is 1. The molecule has 0 aliphatic rings. The SMILES string of the molecule is CC[C@H](Cl)c1ccc(-c2cccc(C(F)(F)F)c2)nc1C. The first kappa shape index (κ1) is 15.8. The molecule has 0 radical (unpaired) electrons. The van der Waals surface area contributed by atoms with Gasteiger partial charge >= 0.3 is 6.18 Å². The zero-order valence-electron chi connectivity index (χ0n) is 11.7. The minimum Gasteiger partial charge on any atom is -0.253 e. The van der Waals surface area contributed by atoms with Crippen molar-refractivity contribution in [3.05, 3.63) is 53.2 Å². The quantitative estimate of drug-likeness (QED) is 0.656. The van der Waals surface area contributed by atoms with Crippen molar-refractivity contribution in [1.29, 1.82) is 0 Å². The number of alkyl halides is 4. The highest BCUT2D eigenvalue weighted by Gasteiger charge is 2.30. The number of benzene rings is 1. The van der Waals surface area contributed by atoms with Crippen LogP contribution in [0.15, 0.2) is 36.4 Å². The molecule has 0 amide bonds. The standard InChI is InChI=1S/C16H15ClF3N/c1-3-14(17)13-7-8-15(21-10(13)2)11-5-4-6-12(9-11)16(18,19)20/h4-9,14H,3H2,1-2H3/t14-/m0/s1. The lowest BCUT2D eigenvalue weighted by molar-refractivity contribution is -0.137. The van der Waals surface area contributed by atoms with Crippen LogP contribution in [0, 0.1) is 6.92 Å². The van der Waals surface area contributed by atoms with Gasteiger partial charge in [-0.3, -0.25) is 4.98 Å². The summed E-state index contributed by atoms with van der Waals surface area (Å²) in [5, 5.41) is -0.131. The molecule has 2 aromatic rings. The van der Waals surface area contributed by atoms with Gasteiger partial charge in [0, 0.05) is 11.3 Å². The molecule has 0 bridgehead atoms. The number of rotatable bonds is 3. The normalized spacial score (nSPS) is 13.2. The second kappa shape index (κ2) is 6.06. The fourth-order valence-electron chi connectivity index (χ4n) is 2.14. The monoisotopic (exact) mass is 313 g/mol. The number of aromatic nitrogens is 1. The first-order chi connectivity index (χ1) is 9.82. The number of nitrogens with zero attached hydrogens (tertiary/aromatic N) is 1. The van der Waals surface area contributed by atoms with Crippen molar-refractivity contribution < 1.29 is 13.2 Å². The molecule has 1 heterocycles. The van der Waals surface area contributed by atoms with Gasteiger partial charge in [-0.15, -0.1) is 11.6 Å². The molecule has 0 N–H and O–H groups in total. The fourth-order valence-corrected chi connectivity index (χ4v) is 2.37. The lowest BCUT2D eigenvalue weighted by atomic mass is 10.0. The van der Waals surface area contributed by atoms with Crippen molar-refractivity contribution in [2.24, 2.45) is 0 Å². The molecule has 0 spiro atoms. The Morgan fingerprint density at radius 3 is 2.48 bits per heavy atom. The largest absolute Gasteiger partial charge is 0.416 e. The van der Waals surface area contributed by atoms with Crippen molar-refractivity contribution in [2.75, 3.05) is 0 Å². The molecule has 0 saturated carbocycles. The first-order valence-electron chi connectivity index (χ1n) is 6.62. The third-order valence-electron chi connectivity index (χ3n) is 3.31. The predicted octanol–water partition coefficient (Wildman–Crippen LogP) is 5.77. The summed E-state index contributed by atoms with van der Waals surface area (Å²) in [7, 11) is 0. The Balaban J connectivity index is 2.41. The molecule has 0 aliphatic heterocycles. The first-order valence-corrected chi connectivity index (χ1v) is 7.05. The topological polar surface area (TPSA) is 12.9 Å². The Labute approximate surface area is 126 Å². The molecule has 2 rings (SSSR count). The van der Waals surface area contributed by atoms with E-state index >= 15 is 0 Å². The summed E-state index contributed by atoms with van der Waals surface area (Å²) in [5.74, 6) is 0. The summed E-state index contributed by atoms with van der Waals surface area (Å²) in [4.78, 5) is 4.38. The number of hydrogen-bond donors (Lipinski definition) is 0. The lowest BCUT2D eigenvalue weighted by Crippen LogP contribution is -2.04. The molecule has 1 aromatic carbocycles. The smallest absolute Gasteiger partial charge is 0.253 e. The van der Waals surface area contributed by atoms with Crippen LogP contribution in [0.3, 0.4) is 0 Å². The number of pyridine rings is 1. The Bertz CT molecular complexity index is 638. The molecule has 0 aliphatic carbocycles. The van der Waals surface area contributed by atoms with Gasteiger partial charge in [0.05, 0.1) is 16.6 Å². The zero-order chi connectivity index (χ0) is 15.6. The van der Waals surface area contributed by atoms with Crippen LogP contribution >= 0.6 is 11.6 Å². The summed E-state index contributed by atoms with van der Waals surface area (Å²) in [6.45, 7) is 3.79. The van der Waals surface area contributed by atoms with Crippen LogP contribution in [0.25, 0.3) is 11.3 Å². The van der Waals surface area contributed by atoms with E-state index in [9.17, 15) is 13.2 Å². The van der Waals surface area contributed by atoms with Crippen LogP contribution in [-0.4, -0.2) is 4.98 Å². The van der Waals surface area contributed by atoms with Crippen LogP contribution in [0.1, 0.15) is 35.5 Å². The van der Waals surface area contributed by atoms with E-state index in [-0.39, 0.29) is 5.38 Å². The molecular weight excluding hydrogens is 299 g/mol. The van der Waals surface area contributed by atoms with Crippen molar-refractivity contribution in [3.63, 3.8) is 0 Å². The van der Waals surface area contributed by atoms with Crippen molar-refractivity contribution >= 4 is 11.6 Å². The number of hydrogen-bond acceptors (Lipinski definition) is 1. The fraction of sp³-hybridized carbons (Fsp3) is 0.312. The van der Waals surface area contributed by atoms with Gasteiger partial charge in [-0.2, -0.15) is 13.2 Å². The third kappa shape index (κ3) is 3.56. The molecule has 0 unspecified atom stereocenters. The van der Waals surface area contributed by atoms with E-state index in [0.717, 1.165) is 29.8 Å². The predicted molar refractivity (Wildman–Crippen MR) is 78.3 cm³/mol. The average Bonchev–Trinajstić information content (AvgIpc) is 2.45. The minimum absolute atomic E-state index is 0.131. The van der Waals surface area contributed by atoms with Gasteiger partial charge in [0.25, 0.3) is 0 Å². The Hall–Kier alpha value is -1.55. The zero-order valence-corrected chi connectivity index (χ0v) is 12.5. The summed E-state index contributed by atoms with van der Waals surface area (Å²) in [6, 6.07) is 8.71. The molecule has 0 saturated heterocycles. The van der Waals surface area contributed by atoms with E-state index in [1.807, 2.05) is 19.9 Å². The molecule has 1 atom stereocenters. The molecule has 0 fully saturated rings. The van der Waals surface area contributed by atoms with Gasteiger partial charge < -0.3 is 0 Å². The summed E-state index contributed by atoms with van der Waals surface area (Å²) >= 11 is 6.19. The van der Waals surface area contributed by atoms with Crippen molar-refractivity contribution in [3.8, 4) is 11.3 Å². The highest BCUT2D eigenvalue weighted by atomic mass is 35.5. The van der Waals surface area contributed by atoms with Gasteiger partial charge in [0.15, 0.2) is 0 Å². The minimum atomic E-state index is -4.35. The molecular formula is C16H15ClF3N. The lowest BCUT2D eigenvalue weighted by Gasteiger charge is -2.12. The van der Waals surface area contributed by atoms with E-state index in [0.29, 0.717) is 11.3 Å². The third-order valence-corrected chi connectivity index (χ3v) is 3.85. The molecule has 21 heavy (non-hydrogen) atoms. The van der Waals surface area contributed by atoms with E-state index in [1.165, 1.54) is 6.07 Å². The van der Waals surface area contributed by atoms with E-state index in [1.54, 1.807) is 12.1 Å². The maximum atomic E-state index is 12.7. The van der Waals surface area contributed by atoms with Gasteiger partial charge in [-0.05, 0) is 37.1 Å². The van der Waals surface area contributed by atoms with Gasteiger partial charge in [-0.25, -0.2) is 0 Å². The van der Waals surface area contributed by atoms with Crippen LogP contribution in [0.5, 0.6) is 0 Å². The molecule has 1 aromatic heterocycles. The van der Waals surface area contributed by atoms with E-state index in [2.05, 4.69) is 4.98 Å².